The second kappa shape index (κ2) is 9.42. The highest BCUT2D eigenvalue weighted by Crippen LogP contribution is 2.17. The maximum Gasteiger partial charge on any atom is 0.128 e. The Kier molecular flexibility index (Phi) is 8.21. The van der Waals surface area contributed by atoms with Crippen LogP contribution in [-0.4, -0.2) is 45.4 Å². The summed E-state index contributed by atoms with van der Waals surface area (Å²) in [5.41, 5.74) is 0.705. The molecule has 0 aliphatic carbocycles. The van der Waals surface area contributed by atoms with Crippen molar-refractivity contribution in [2.45, 2.75) is 13.0 Å². The quantitative estimate of drug-likeness (QED) is 0.648. The monoisotopic (exact) mass is 333 g/mol. The average molecular weight is 334 g/mol. The SMILES string of the molecule is COCCCN(CCOC)Cc1ccc(Br)cc1F. The van der Waals surface area contributed by atoms with E-state index >= 15 is 0 Å². The third-order valence-electron chi connectivity index (χ3n) is 2.84. The fraction of sp³-hybridized carbons (Fsp3) is 0.571. The Hall–Kier alpha value is -0.490. The van der Waals surface area contributed by atoms with Gasteiger partial charge in [0, 0.05) is 50.5 Å². The number of methoxy groups -OCH3 is 2. The van der Waals surface area contributed by atoms with Crippen LogP contribution in [0.15, 0.2) is 22.7 Å². The van der Waals surface area contributed by atoms with Crippen LogP contribution in [0.5, 0.6) is 0 Å². The Labute approximate surface area is 122 Å². The zero-order valence-corrected chi connectivity index (χ0v) is 13.1. The number of halogens is 2. The molecule has 0 saturated heterocycles. The molecule has 0 fully saturated rings. The fourth-order valence-electron chi connectivity index (χ4n) is 1.81. The van der Waals surface area contributed by atoms with Gasteiger partial charge in [0.05, 0.1) is 6.61 Å². The fourth-order valence-corrected chi connectivity index (χ4v) is 2.15. The first kappa shape index (κ1) is 16.6. The predicted octanol–water partition coefficient (Wildman–Crippen LogP) is 3.07. The van der Waals surface area contributed by atoms with Crippen LogP contribution in [0.1, 0.15) is 12.0 Å². The first-order valence-electron chi connectivity index (χ1n) is 6.31. The van der Waals surface area contributed by atoms with E-state index in [-0.39, 0.29) is 5.82 Å². The lowest BCUT2D eigenvalue weighted by molar-refractivity contribution is 0.128. The molecule has 19 heavy (non-hydrogen) atoms. The summed E-state index contributed by atoms with van der Waals surface area (Å²) in [6.07, 6.45) is 0.929. The van der Waals surface area contributed by atoms with E-state index in [9.17, 15) is 4.39 Å². The van der Waals surface area contributed by atoms with Gasteiger partial charge in [-0.2, -0.15) is 0 Å². The summed E-state index contributed by atoms with van der Waals surface area (Å²) < 4.78 is 24.7. The van der Waals surface area contributed by atoms with Gasteiger partial charge >= 0.3 is 0 Å². The minimum Gasteiger partial charge on any atom is -0.385 e. The zero-order valence-electron chi connectivity index (χ0n) is 11.5. The number of nitrogens with zero attached hydrogens (tertiary/aromatic N) is 1. The molecule has 0 atom stereocenters. The molecule has 0 bridgehead atoms. The van der Waals surface area contributed by atoms with Crippen LogP contribution < -0.4 is 0 Å². The number of hydrogen-bond acceptors (Lipinski definition) is 3. The normalized spacial score (nSPS) is 11.2. The van der Waals surface area contributed by atoms with E-state index in [4.69, 9.17) is 9.47 Å². The summed E-state index contributed by atoms with van der Waals surface area (Å²) in [5.74, 6) is -0.177. The highest BCUT2D eigenvalue weighted by Gasteiger charge is 2.09. The molecule has 1 rings (SSSR count). The third kappa shape index (κ3) is 6.47. The lowest BCUT2D eigenvalue weighted by Crippen LogP contribution is -2.29. The molecule has 0 saturated carbocycles. The smallest absolute Gasteiger partial charge is 0.128 e. The van der Waals surface area contributed by atoms with Crippen LogP contribution >= 0.6 is 15.9 Å². The van der Waals surface area contributed by atoms with E-state index in [1.807, 2.05) is 12.1 Å². The van der Waals surface area contributed by atoms with E-state index < -0.39 is 0 Å². The van der Waals surface area contributed by atoms with Crippen molar-refractivity contribution in [1.29, 1.82) is 0 Å². The second-order valence-electron chi connectivity index (χ2n) is 4.35. The Morgan fingerprint density at radius 2 is 1.89 bits per heavy atom. The van der Waals surface area contributed by atoms with Gasteiger partial charge in [0.2, 0.25) is 0 Å². The van der Waals surface area contributed by atoms with Gasteiger partial charge in [-0.05, 0) is 18.6 Å². The molecule has 0 spiro atoms. The van der Waals surface area contributed by atoms with Crippen LogP contribution in [0.2, 0.25) is 0 Å². The van der Waals surface area contributed by atoms with Gasteiger partial charge in [0.15, 0.2) is 0 Å². The highest BCUT2D eigenvalue weighted by atomic mass is 79.9. The van der Waals surface area contributed by atoms with Gasteiger partial charge < -0.3 is 9.47 Å². The lowest BCUT2D eigenvalue weighted by Gasteiger charge is -2.22. The molecule has 1 aromatic carbocycles. The van der Waals surface area contributed by atoms with E-state index in [0.29, 0.717) is 25.3 Å². The number of benzene rings is 1. The average Bonchev–Trinajstić information content (AvgIpc) is 2.39. The summed E-state index contributed by atoms with van der Waals surface area (Å²) in [4.78, 5) is 2.18. The van der Waals surface area contributed by atoms with Crippen LogP contribution in [0.3, 0.4) is 0 Å². The summed E-state index contributed by atoms with van der Waals surface area (Å²) in [5, 5.41) is 0. The molecule has 3 nitrogen and oxygen atoms in total. The van der Waals surface area contributed by atoms with Crippen LogP contribution in [-0.2, 0) is 16.0 Å². The first-order valence-corrected chi connectivity index (χ1v) is 7.11. The largest absolute Gasteiger partial charge is 0.385 e. The molecule has 0 aliphatic rings. The number of ether oxygens (including phenoxy) is 2. The van der Waals surface area contributed by atoms with Gasteiger partial charge in [-0.25, -0.2) is 4.39 Å². The Balaban J connectivity index is 2.58. The molecule has 0 aromatic heterocycles. The molecule has 0 N–H and O–H groups in total. The van der Waals surface area contributed by atoms with E-state index in [2.05, 4.69) is 20.8 Å². The summed E-state index contributed by atoms with van der Waals surface area (Å²) in [6, 6.07) is 5.18. The minimum atomic E-state index is -0.177. The van der Waals surface area contributed by atoms with Crippen molar-refractivity contribution in [1.82, 2.24) is 4.90 Å². The van der Waals surface area contributed by atoms with Gasteiger partial charge in [-0.1, -0.05) is 22.0 Å². The maximum atomic E-state index is 13.8. The van der Waals surface area contributed by atoms with Crippen molar-refractivity contribution in [3.63, 3.8) is 0 Å². The van der Waals surface area contributed by atoms with E-state index in [1.165, 1.54) is 6.07 Å². The molecular weight excluding hydrogens is 313 g/mol. The van der Waals surface area contributed by atoms with Gasteiger partial charge in [-0.3, -0.25) is 4.90 Å². The minimum absolute atomic E-state index is 0.177. The van der Waals surface area contributed by atoms with Crippen molar-refractivity contribution in [2.75, 3.05) is 40.5 Å². The van der Waals surface area contributed by atoms with Crippen molar-refractivity contribution in [3.05, 3.63) is 34.1 Å². The van der Waals surface area contributed by atoms with Crippen LogP contribution in [0, 0.1) is 5.82 Å². The highest BCUT2D eigenvalue weighted by molar-refractivity contribution is 9.10. The van der Waals surface area contributed by atoms with Crippen molar-refractivity contribution in [2.24, 2.45) is 0 Å². The Bertz CT molecular complexity index is 376. The van der Waals surface area contributed by atoms with Gasteiger partial charge in [-0.15, -0.1) is 0 Å². The van der Waals surface area contributed by atoms with Crippen molar-refractivity contribution < 1.29 is 13.9 Å². The molecular formula is C14H21BrFNO2. The zero-order chi connectivity index (χ0) is 14.1. The molecule has 108 valence electrons. The van der Waals surface area contributed by atoms with Gasteiger partial charge in [0.25, 0.3) is 0 Å². The Morgan fingerprint density at radius 3 is 2.53 bits per heavy atom. The first-order chi connectivity index (χ1) is 9.17. The molecule has 0 amide bonds. The summed E-state index contributed by atoms with van der Waals surface area (Å²) in [6.45, 7) is 3.60. The topological polar surface area (TPSA) is 21.7 Å². The third-order valence-corrected chi connectivity index (χ3v) is 3.34. The maximum absolute atomic E-state index is 13.8. The molecule has 0 heterocycles. The van der Waals surface area contributed by atoms with E-state index in [0.717, 1.165) is 24.0 Å². The molecule has 0 aliphatic heterocycles. The molecule has 0 radical (unpaired) electrons. The van der Waals surface area contributed by atoms with Crippen molar-refractivity contribution in [3.8, 4) is 0 Å². The summed E-state index contributed by atoms with van der Waals surface area (Å²) in [7, 11) is 3.36. The van der Waals surface area contributed by atoms with E-state index in [1.54, 1.807) is 14.2 Å². The van der Waals surface area contributed by atoms with Crippen LogP contribution in [0.25, 0.3) is 0 Å². The number of hydrogen-bond donors (Lipinski definition) is 0. The van der Waals surface area contributed by atoms with Gasteiger partial charge in [0.1, 0.15) is 5.82 Å². The summed E-state index contributed by atoms with van der Waals surface area (Å²) >= 11 is 3.27. The Morgan fingerprint density at radius 1 is 1.16 bits per heavy atom. The van der Waals surface area contributed by atoms with Crippen LogP contribution in [0.4, 0.5) is 4.39 Å². The standard InChI is InChI=1S/C14H21BrFNO2/c1-18-8-3-6-17(7-9-19-2)11-12-4-5-13(15)10-14(12)16/h4-5,10H,3,6-9,11H2,1-2H3. The molecule has 5 heteroatoms. The second-order valence-corrected chi connectivity index (χ2v) is 5.27. The molecule has 1 aromatic rings. The number of rotatable bonds is 9. The van der Waals surface area contributed by atoms with Crippen molar-refractivity contribution >= 4 is 15.9 Å². The predicted molar refractivity (Wildman–Crippen MR) is 77.7 cm³/mol. The molecule has 0 unspecified atom stereocenters. The lowest BCUT2D eigenvalue weighted by atomic mass is 10.2.